The van der Waals surface area contributed by atoms with Gasteiger partial charge < -0.3 is 26.8 Å². The van der Waals surface area contributed by atoms with E-state index in [0.717, 1.165) is 28.8 Å². The molecule has 2 aromatic carbocycles. The molecular weight excluding hydrogens is 354 g/mol. The molecule has 7 N–H and O–H groups in total. The van der Waals surface area contributed by atoms with Crippen LogP contribution >= 0.6 is 0 Å². The quantitative estimate of drug-likeness (QED) is 0.425. The van der Waals surface area contributed by atoms with Gasteiger partial charge in [0, 0.05) is 18.0 Å². The molecule has 0 aliphatic carbocycles. The first-order valence-corrected chi connectivity index (χ1v) is 9.30. The topological polar surface area (TPSA) is 125 Å². The zero-order valence-electron chi connectivity index (χ0n) is 16.1. The SMILES string of the molecule is CCC=N/C(=C\N)c1ccc(-c2ccc(C(O)CC(N)(CO)CO)cc2)cc1. The van der Waals surface area contributed by atoms with Gasteiger partial charge in [-0.1, -0.05) is 55.5 Å². The molecular formula is C22H29N3O3. The Morgan fingerprint density at radius 2 is 1.57 bits per heavy atom. The zero-order valence-corrected chi connectivity index (χ0v) is 16.1. The van der Waals surface area contributed by atoms with Crippen LogP contribution in [0, 0.1) is 0 Å². The molecule has 0 heterocycles. The Hall–Kier alpha value is -2.51. The summed E-state index contributed by atoms with van der Waals surface area (Å²) in [6.07, 6.45) is 3.36. The van der Waals surface area contributed by atoms with Crippen LogP contribution in [0.15, 0.2) is 59.7 Å². The van der Waals surface area contributed by atoms with E-state index in [2.05, 4.69) is 4.99 Å². The fraction of sp³-hybridized carbons (Fsp3) is 0.318. The van der Waals surface area contributed by atoms with Gasteiger partial charge in [-0.2, -0.15) is 0 Å². The van der Waals surface area contributed by atoms with E-state index < -0.39 is 24.9 Å². The number of rotatable bonds is 9. The van der Waals surface area contributed by atoms with Crippen LogP contribution in [0.1, 0.15) is 37.0 Å². The average molecular weight is 383 g/mol. The van der Waals surface area contributed by atoms with Crippen LogP contribution in [0.2, 0.25) is 0 Å². The maximum absolute atomic E-state index is 10.3. The molecule has 0 aromatic heterocycles. The fourth-order valence-electron chi connectivity index (χ4n) is 2.82. The first-order chi connectivity index (χ1) is 13.5. The lowest BCUT2D eigenvalue weighted by atomic mass is 9.91. The lowest BCUT2D eigenvalue weighted by Gasteiger charge is -2.27. The number of hydrogen-bond donors (Lipinski definition) is 5. The van der Waals surface area contributed by atoms with Crippen molar-refractivity contribution in [2.45, 2.75) is 31.4 Å². The van der Waals surface area contributed by atoms with E-state index in [1.807, 2.05) is 61.7 Å². The predicted octanol–water partition coefficient (Wildman–Crippen LogP) is 2.20. The molecule has 0 radical (unpaired) electrons. The molecule has 0 bridgehead atoms. The molecule has 28 heavy (non-hydrogen) atoms. The highest BCUT2D eigenvalue weighted by molar-refractivity contribution is 5.75. The molecule has 0 saturated carbocycles. The number of nitrogens with two attached hydrogens (primary N) is 2. The number of hydrogen-bond acceptors (Lipinski definition) is 6. The standard InChI is InChI=1S/C22H29N3O3/c1-2-11-25-20(13-23)18-7-3-16(4-8-18)17-5-9-19(10-6-17)21(28)12-22(24,14-26)15-27/h3-11,13,21,26-28H,2,12,14-15,23-24H2,1H3/b20-13-,25-11?. The fourth-order valence-corrected chi connectivity index (χ4v) is 2.82. The molecule has 0 aliphatic rings. The van der Waals surface area contributed by atoms with Crippen molar-refractivity contribution in [2.75, 3.05) is 13.2 Å². The zero-order chi connectivity index (χ0) is 20.6. The molecule has 1 atom stereocenters. The van der Waals surface area contributed by atoms with Gasteiger partial charge in [0.2, 0.25) is 0 Å². The normalized spacial score (nSPS) is 13.8. The Labute approximate surface area is 165 Å². The van der Waals surface area contributed by atoms with E-state index in [1.54, 1.807) is 0 Å². The predicted molar refractivity (Wildman–Crippen MR) is 113 cm³/mol. The van der Waals surface area contributed by atoms with Crippen molar-refractivity contribution in [3.05, 3.63) is 65.9 Å². The monoisotopic (exact) mass is 383 g/mol. The summed E-state index contributed by atoms with van der Waals surface area (Å²) < 4.78 is 0. The van der Waals surface area contributed by atoms with Crippen LogP contribution in [-0.2, 0) is 0 Å². The molecule has 150 valence electrons. The third kappa shape index (κ3) is 5.50. The molecule has 1 unspecified atom stereocenters. The minimum atomic E-state index is -1.21. The van der Waals surface area contributed by atoms with E-state index >= 15 is 0 Å². The van der Waals surface area contributed by atoms with Crippen LogP contribution in [0.25, 0.3) is 16.8 Å². The number of aliphatic hydroxyl groups excluding tert-OH is 3. The van der Waals surface area contributed by atoms with E-state index in [-0.39, 0.29) is 6.42 Å². The highest BCUT2D eigenvalue weighted by Crippen LogP contribution is 2.27. The Bertz CT molecular complexity index is 795. The summed E-state index contributed by atoms with van der Waals surface area (Å²) in [5.41, 5.74) is 14.7. The Balaban J connectivity index is 2.14. The number of aliphatic hydroxyl groups is 3. The molecule has 0 fully saturated rings. The Morgan fingerprint density at radius 3 is 2.04 bits per heavy atom. The molecule has 0 saturated heterocycles. The van der Waals surface area contributed by atoms with Gasteiger partial charge in [0.05, 0.1) is 30.6 Å². The molecule has 0 amide bonds. The van der Waals surface area contributed by atoms with E-state index in [1.165, 1.54) is 6.20 Å². The molecule has 2 rings (SSSR count). The van der Waals surface area contributed by atoms with Gasteiger partial charge in [-0.05, 0) is 29.5 Å². The number of nitrogens with zero attached hydrogens (tertiary/aromatic N) is 1. The third-order valence-corrected chi connectivity index (χ3v) is 4.61. The summed E-state index contributed by atoms with van der Waals surface area (Å²) in [6, 6.07) is 15.4. The van der Waals surface area contributed by atoms with Crippen molar-refractivity contribution >= 4 is 11.9 Å². The van der Waals surface area contributed by atoms with Gasteiger partial charge >= 0.3 is 0 Å². The minimum absolute atomic E-state index is 0.0700. The van der Waals surface area contributed by atoms with Crippen LogP contribution in [-0.4, -0.2) is 40.3 Å². The molecule has 6 nitrogen and oxygen atoms in total. The highest BCUT2D eigenvalue weighted by Gasteiger charge is 2.27. The van der Waals surface area contributed by atoms with Crippen LogP contribution in [0.5, 0.6) is 0 Å². The summed E-state index contributed by atoms with van der Waals surface area (Å²) in [7, 11) is 0. The van der Waals surface area contributed by atoms with Crippen molar-refractivity contribution in [1.29, 1.82) is 0 Å². The summed E-state index contributed by atoms with van der Waals surface area (Å²) in [4.78, 5) is 4.35. The van der Waals surface area contributed by atoms with Crippen molar-refractivity contribution < 1.29 is 15.3 Å². The van der Waals surface area contributed by atoms with Gasteiger partial charge in [-0.15, -0.1) is 0 Å². The van der Waals surface area contributed by atoms with Crippen LogP contribution in [0.4, 0.5) is 0 Å². The van der Waals surface area contributed by atoms with Gasteiger partial charge in [0.25, 0.3) is 0 Å². The summed E-state index contributed by atoms with van der Waals surface area (Å²) in [5, 5.41) is 28.9. The summed E-state index contributed by atoms with van der Waals surface area (Å²) in [5.74, 6) is 0. The van der Waals surface area contributed by atoms with Crippen molar-refractivity contribution in [3.63, 3.8) is 0 Å². The molecule has 6 heteroatoms. The maximum atomic E-state index is 10.3. The van der Waals surface area contributed by atoms with E-state index in [0.29, 0.717) is 5.56 Å². The molecule has 0 aliphatic heterocycles. The maximum Gasteiger partial charge on any atom is 0.0852 e. The van der Waals surface area contributed by atoms with Crippen molar-refractivity contribution in [3.8, 4) is 11.1 Å². The second-order valence-electron chi connectivity index (χ2n) is 6.87. The largest absolute Gasteiger partial charge is 0.403 e. The van der Waals surface area contributed by atoms with Crippen LogP contribution < -0.4 is 11.5 Å². The second-order valence-corrected chi connectivity index (χ2v) is 6.87. The number of benzene rings is 2. The highest BCUT2D eigenvalue weighted by atomic mass is 16.3. The molecule has 2 aromatic rings. The summed E-state index contributed by atoms with van der Waals surface area (Å²) in [6.45, 7) is 1.22. The Kier molecular flexibility index (Phi) is 7.90. The second kappa shape index (κ2) is 10.1. The first-order valence-electron chi connectivity index (χ1n) is 9.30. The number of aliphatic imine (C=N–C) groups is 1. The van der Waals surface area contributed by atoms with E-state index in [9.17, 15) is 15.3 Å². The van der Waals surface area contributed by atoms with Crippen LogP contribution in [0.3, 0.4) is 0 Å². The molecule has 0 spiro atoms. The smallest absolute Gasteiger partial charge is 0.0852 e. The summed E-state index contributed by atoms with van der Waals surface area (Å²) >= 11 is 0. The van der Waals surface area contributed by atoms with Gasteiger partial charge in [0.15, 0.2) is 0 Å². The third-order valence-electron chi connectivity index (χ3n) is 4.61. The van der Waals surface area contributed by atoms with Gasteiger partial charge in [0.1, 0.15) is 0 Å². The average Bonchev–Trinajstić information content (AvgIpc) is 2.74. The lowest BCUT2D eigenvalue weighted by molar-refractivity contribution is 0.0618. The lowest BCUT2D eigenvalue weighted by Crippen LogP contribution is -2.48. The van der Waals surface area contributed by atoms with Crippen molar-refractivity contribution in [1.82, 2.24) is 0 Å². The van der Waals surface area contributed by atoms with Gasteiger partial charge in [-0.25, -0.2) is 0 Å². The first kappa shape index (κ1) is 21.8. The van der Waals surface area contributed by atoms with Crippen molar-refractivity contribution in [2.24, 2.45) is 16.5 Å². The Morgan fingerprint density at radius 1 is 1.04 bits per heavy atom. The minimum Gasteiger partial charge on any atom is -0.403 e. The van der Waals surface area contributed by atoms with E-state index in [4.69, 9.17) is 11.5 Å². The van der Waals surface area contributed by atoms with Gasteiger partial charge in [-0.3, -0.25) is 4.99 Å².